The summed E-state index contributed by atoms with van der Waals surface area (Å²) in [6, 6.07) is 12.3. The molecule has 1 aliphatic rings. The van der Waals surface area contributed by atoms with E-state index in [1.54, 1.807) is 25.3 Å². The van der Waals surface area contributed by atoms with Gasteiger partial charge < -0.3 is 10.1 Å². The first kappa shape index (κ1) is 20.8. The third-order valence-electron chi connectivity index (χ3n) is 4.96. The van der Waals surface area contributed by atoms with Crippen LogP contribution in [0.4, 0.5) is 5.69 Å². The number of ether oxygens (including phenoxy) is 1. The highest BCUT2D eigenvalue weighted by Crippen LogP contribution is 2.28. The van der Waals surface area contributed by atoms with Crippen molar-refractivity contribution in [1.82, 2.24) is 4.31 Å². The Bertz CT molecular complexity index is 970. The minimum atomic E-state index is -3.59. The fourth-order valence-corrected chi connectivity index (χ4v) is 5.26. The third-order valence-corrected chi connectivity index (χ3v) is 7.55. The van der Waals surface area contributed by atoms with E-state index >= 15 is 0 Å². The molecule has 0 aliphatic carbocycles. The molecule has 1 aliphatic heterocycles. The number of carbonyl (C=O) groups is 1. The molecule has 0 radical (unpaired) electrons. The molecule has 28 heavy (non-hydrogen) atoms. The van der Waals surface area contributed by atoms with E-state index in [2.05, 4.69) is 21.2 Å². The molecule has 3 rings (SSSR count). The molecule has 150 valence electrons. The fourth-order valence-electron chi connectivity index (χ4n) is 3.32. The lowest BCUT2D eigenvalue weighted by Crippen LogP contribution is -2.41. The van der Waals surface area contributed by atoms with Crippen molar-refractivity contribution in [2.45, 2.75) is 24.7 Å². The van der Waals surface area contributed by atoms with Crippen LogP contribution >= 0.6 is 15.9 Å². The summed E-state index contributed by atoms with van der Waals surface area (Å²) >= 11 is 3.42. The van der Waals surface area contributed by atoms with E-state index < -0.39 is 10.0 Å². The number of hydrogen-bond acceptors (Lipinski definition) is 4. The van der Waals surface area contributed by atoms with Crippen LogP contribution in [0, 0.1) is 12.8 Å². The smallest absolute Gasteiger partial charge is 0.243 e. The summed E-state index contributed by atoms with van der Waals surface area (Å²) in [6.07, 6.45) is 0.981. The number of anilines is 1. The molecular formula is C20H23BrN2O4S. The van der Waals surface area contributed by atoms with Crippen molar-refractivity contribution in [3.63, 3.8) is 0 Å². The highest BCUT2D eigenvalue weighted by Gasteiger charge is 2.32. The van der Waals surface area contributed by atoms with Crippen LogP contribution in [-0.2, 0) is 14.8 Å². The Hall–Kier alpha value is -1.90. The Morgan fingerprint density at radius 3 is 2.46 bits per heavy atom. The molecule has 1 saturated heterocycles. The number of para-hydroxylation sites is 1. The Morgan fingerprint density at radius 2 is 1.86 bits per heavy atom. The normalized spacial score (nSPS) is 16.0. The van der Waals surface area contributed by atoms with Gasteiger partial charge in [0.25, 0.3) is 0 Å². The van der Waals surface area contributed by atoms with Crippen molar-refractivity contribution in [2.24, 2.45) is 5.92 Å². The minimum Gasteiger partial charge on any atom is -0.496 e. The summed E-state index contributed by atoms with van der Waals surface area (Å²) in [7, 11) is -2.03. The SMILES string of the molecule is COc1ccc(S(=O)(=O)N2CCC(C(=O)Nc3ccccc3Br)CC2)cc1C. The third kappa shape index (κ3) is 4.39. The van der Waals surface area contributed by atoms with Crippen molar-refractivity contribution in [2.75, 3.05) is 25.5 Å². The molecule has 1 heterocycles. The largest absolute Gasteiger partial charge is 0.496 e. The number of nitrogens with zero attached hydrogens (tertiary/aromatic N) is 1. The molecule has 6 nitrogen and oxygen atoms in total. The van der Waals surface area contributed by atoms with Gasteiger partial charge >= 0.3 is 0 Å². The monoisotopic (exact) mass is 466 g/mol. The Balaban J connectivity index is 1.65. The van der Waals surface area contributed by atoms with Crippen LogP contribution in [-0.4, -0.2) is 38.8 Å². The first-order chi connectivity index (χ1) is 13.3. The zero-order valence-electron chi connectivity index (χ0n) is 15.8. The average molecular weight is 467 g/mol. The van der Waals surface area contributed by atoms with Gasteiger partial charge in [-0.3, -0.25) is 4.79 Å². The molecule has 1 fully saturated rings. The van der Waals surface area contributed by atoms with Gasteiger partial charge in [-0.25, -0.2) is 8.42 Å². The number of rotatable bonds is 5. The standard InChI is InChI=1S/C20H23BrN2O4S/c1-14-13-16(7-8-19(14)27-2)28(25,26)23-11-9-15(10-12-23)20(24)22-18-6-4-3-5-17(18)21/h3-8,13,15H,9-12H2,1-2H3,(H,22,24). The molecule has 1 N–H and O–H groups in total. The number of sulfonamides is 1. The van der Waals surface area contributed by atoms with Gasteiger partial charge in [0, 0.05) is 23.5 Å². The van der Waals surface area contributed by atoms with Crippen LogP contribution in [0.2, 0.25) is 0 Å². The summed E-state index contributed by atoms with van der Waals surface area (Å²) in [5.41, 5.74) is 1.49. The number of carbonyl (C=O) groups excluding carboxylic acids is 1. The van der Waals surface area contributed by atoms with Crippen LogP contribution in [0.25, 0.3) is 0 Å². The number of nitrogens with one attached hydrogen (secondary N) is 1. The van der Waals surface area contributed by atoms with E-state index in [0.717, 1.165) is 15.7 Å². The average Bonchev–Trinajstić information content (AvgIpc) is 2.69. The van der Waals surface area contributed by atoms with E-state index in [-0.39, 0.29) is 16.7 Å². The maximum Gasteiger partial charge on any atom is 0.243 e. The zero-order valence-corrected chi connectivity index (χ0v) is 18.2. The number of halogens is 1. The van der Waals surface area contributed by atoms with E-state index in [0.29, 0.717) is 31.7 Å². The van der Waals surface area contributed by atoms with Gasteiger partial charge in [0.15, 0.2) is 0 Å². The molecule has 0 spiro atoms. The van der Waals surface area contributed by atoms with Crippen molar-refractivity contribution in [3.8, 4) is 5.75 Å². The molecule has 0 saturated carbocycles. The molecule has 0 atom stereocenters. The number of aryl methyl sites for hydroxylation is 1. The summed E-state index contributed by atoms with van der Waals surface area (Å²) in [5, 5.41) is 2.92. The van der Waals surface area contributed by atoms with Crippen molar-refractivity contribution in [3.05, 3.63) is 52.5 Å². The molecule has 0 aromatic heterocycles. The van der Waals surface area contributed by atoms with Gasteiger partial charge in [0.2, 0.25) is 15.9 Å². The minimum absolute atomic E-state index is 0.0794. The zero-order chi connectivity index (χ0) is 20.3. The van der Waals surface area contributed by atoms with E-state index in [1.165, 1.54) is 4.31 Å². The maximum atomic E-state index is 12.9. The number of amides is 1. The van der Waals surface area contributed by atoms with E-state index in [1.807, 2.05) is 31.2 Å². The second kappa shape index (κ2) is 8.63. The first-order valence-electron chi connectivity index (χ1n) is 9.03. The number of methoxy groups -OCH3 is 1. The Kier molecular flexibility index (Phi) is 6.42. The summed E-state index contributed by atoms with van der Waals surface area (Å²) < 4.78 is 33.3. The predicted octanol–water partition coefficient (Wildman–Crippen LogP) is 3.81. The van der Waals surface area contributed by atoms with Crippen LogP contribution in [0.1, 0.15) is 18.4 Å². The van der Waals surface area contributed by atoms with E-state index in [9.17, 15) is 13.2 Å². The van der Waals surface area contributed by atoms with Crippen molar-refractivity contribution >= 4 is 37.5 Å². The molecule has 0 unspecified atom stereocenters. The number of hydrogen-bond donors (Lipinski definition) is 1. The number of benzene rings is 2. The molecule has 2 aromatic carbocycles. The molecule has 0 bridgehead atoms. The highest BCUT2D eigenvalue weighted by atomic mass is 79.9. The topological polar surface area (TPSA) is 75.7 Å². The first-order valence-corrected chi connectivity index (χ1v) is 11.3. The second-order valence-electron chi connectivity index (χ2n) is 6.78. The lowest BCUT2D eigenvalue weighted by molar-refractivity contribution is -0.120. The fraction of sp³-hybridized carbons (Fsp3) is 0.350. The lowest BCUT2D eigenvalue weighted by Gasteiger charge is -2.30. The van der Waals surface area contributed by atoms with Crippen LogP contribution < -0.4 is 10.1 Å². The summed E-state index contributed by atoms with van der Waals surface area (Å²) in [5.74, 6) is 0.363. The predicted molar refractivity (Wildman–Crippen MR) is 112 cm³/mol. The summed E-state index contributed by atoms with van der Waals surface area (Å²) in [4.78, 5) is 12.8. The molecule has 8 heteroatoms. The summed E-state index contributed by atoms with van der Waals surface area (Å²) in [6.45, 7) is 2.46. The van der Waals surface area contributed by atoms with Gasteiger partial charge in [-0.15, -0.1) is 0 Å². The highest BCUT2D eigenvalue weighted by molar-refractivity contribution is 9.10. The van der Waals surface area contributed by atoms with Crippen molar-refractivity contribution < 1.29 is 17.9 Å². The van der Waals surface area contributed by atoms with Gasteiger partial charge in [0.1, 0.15) is 5.75 Å². The van der Waals surface area contributed by atoms with Crippen LogP contribution in [0.15, 0.2) is 51.8 Å². The van der Waals surface area contributed by atoms with Crippen LogP contribution in [0.3, 0.4) is 0 Å². The second-order valence-corrected chi connectivity index (χ2v) is 9.57. The Morgan fingerprint density at radius 1 is 1.18 bits per heavy atom. The van der Waals surface area contributed by atoms with Gasteiger partial charge in [0.05, 0.1) is 17.7 Å². The van der Waals surface area contributed by atoms with E-state index in [4.69, 9.17) is 4.74 Å². The van der Waals surface area contributed by atoms with Crippen molar-refractivity contribution in [1.29, 1.82) is 0 Å². The Labute approximate surface area is 174 Å². The quantitative estimate of drug-likeness (QED) is 0.726. The maximum absolute atomic E-state index is 12.9. The molecule has 1 amide bonds. The number of piperidine rings is 1. The van der Waals surface area contributed by atoms with Gasteiger partial charge in [-0.2, -0.15) is 4.31 Å². The molecular weight excluding hydrogens is 444 g/mol. The van der Waals surface area contributed by atoms with Crippen LogP contribution in [0.5, 0.6) is 5.75 Å². The van der Waals surface area contributed by atoms with Gasteiger partial charge in [-0.05, 0) is 71.6 Å². The lowest BCUT2D eigenvalue weighted by atomic mass is 9.97. The van der Waals surface area contributed by atoms with Gasteiger partial charge in [-0.1, -0.05) is 12.1 Å². The molecule has 2 aromatic rings.